The molecule has 0 saturated heterocycles. The first-order chi connectivity index (χ1) is 9.58. The van der Waals surface area contributed by atoms with E-state index < -0.39 is 6.67 Å². The van der Waals surface area contributed by atoms with Crippen LogP contribution < -0.4 is 5.32 Å². The molecule has 0 aromatic carbocycles. The lowest BCUT2D eigenvalue weighted by Gasteiger charge is -2.06. The largest absolute Gasteiger partial charge is 0.378 e. The molecule has 7 heteroatoms. The lowest BCUT2D eigenvalue weighted by Crippen LogP contribution is -2.06. The first-order valence-electron chi connectivity index (χ1n) is 6.62. The van der Waals surface area contributed by atoms with E-state index in [1.807, 2.05) is 13.8 Å². The third-order valence-corrected chi connectivity index (χ3v) is 3.34. The number of rotatable bonds is 6. The Hall–Kier alpha value is -1.92. The highest BCUT2D eigenvalue weighted by atomic mass is 19.1. The standard InChI is InChI=1S/C13H19F2N5/c1-4-19-13(15)11(9(2)18-19)7-16-12-8-17-20(6-5-14)10(12)3/h8,16H,4-7H2,1-3H3. The van der Waals surface area contributed by atoms with Crippen LogP contribution in [0.2, 0.25) is 0 Å². The Morgan fingerprint density at radius 2 is 2.05 bits per heavy atom. The number of nitrogens with one attached hydrogen (secondary N) is 1. The summed E-state index contributed by atoms with van der Waals surface area (Å²) in [6.07, 6.45) is 1.63. The molecule has 2 aromatic rings. The molecule has 0 spiro atoms. The predicted molar refractivity (Wildman–Crippen MR) is 72.9 cm³/mol. The molecule has 0 aliphatic heterocycles. The lowest BCUT2D eigenvalue weighted by molar-refractivity contribution is 0.423. The average Bonchev–Trinajstić information content (AvgIpc) is 2.90. The zero-order valence-corrected chi connectivity index (χ0v) is 12.0. The van der Waals surface area contributed by atoms with E-state index in [0.717, 1.165) is 11.4 Å². The second kappa shape index (κ2) is 6.02. The minimum Gasteiger partial charge on any atom is -0.378 e. The monoisotopic (exact) mass is 283 g/mol. The van der Waals surface area contributed by atoms with Crippen LogP contribution in [0.3, 0.4) is 0 Å². The highest BCUT2D eigenvalue weighted by Crippen LogP contribution is 2.18. The van der Waals surface area contributed by atoms with Crippen LogP contribution in [0.25, 0.3) is 0 Å². The summed E-state index contributed by atoms with van der Waals surface area (Å²) in [5.41, 5.74) is 2.83. The molecule has 0 aliphatic carbocycles. The van der Waals surface area contributed by atoms with Crippen molar-refractivity contribution in [1.29, 1.82) is 0 Å². The van der Waals surface area contributed by atoms with Crippen LogP contribution in [-0.4, -0.2) is 26.2 Å². The van der Waals surface area contributed by atoms with Crippen molar-refractivity contribution in [3.05, 3.63) is 29.1 Å². The van der Waals surface area contributed by atoms with Gasteiger partial charge in [0.25, 0.3) is 0 Å². The number of alkyl halides is 1. The van der Waals surface area contributed by atoms with E-state index in [1.165, 1.54) is 4.68 Å². The Labute approximate surface area is 116 Å². The average molecular weight is 283 g/mol. The van der Waals surface area contributed by atoms with E-state index in [4.69, 9.17) is 0 Å². The fourth-order valence-corrected chi connectivity index (χ4v) is 2.11. The SMILES string of the molecule is CCn1nc(C)c(CNc2cnn(CCF)c2C)c1F. The highest BCUT2D eigenvalue weighted by molar-refractivity contribution is 5.46. The third kappa shape index (κ3) is 2.66. The zero-order valence-electron chi connectivity index (χ0n) is 12.0. The normalized spacial score (nSPS) is 11.1. The van der Waals surface area contributed by atoms with Crippen molar-refractivity contribution in [2.75, 3.05) is 12.0 Å². The van der Waals surface area contributed by atoms with Crippen LogP contribution >= 0.6 is 0 Å². The third-order valence-electron chi connectivity index (χ3n) is 3.34. The van der Waals surface area contributed by atoms with Gasteiger partial charge in [-0.25, -0.2) is 9.07 Å². The van der Waals surface area contributed by atoms with Crippen LogP contribution in [0.15, 0.2) is 6.20 Å². The van der Waals surface area contributed by atoms with Crippen molar-refractivity contribution in [2.24, 2.45) is 0 Å². The molecule has 1 N–H and O–H groups in total. The summed E-state index contributed by atoms with van der Waals surface area (Å²) in [5.74, 6) is -0.314. The van der Waals surface area contributed by atoms with Gasteiger partial charge in [0.2, 0.25) is 5.95 Å². The van der Waals surface area contributed by atoms with Crippen molar-refractivity contribution in [1.82, 2.24) is 19.6 Å². The summed E-state index contributed by atoms with van der Waals surface area (Å²) in [6.45, 7) is 6.08. The molecular weight excluding hydrogens is 264 g/mol. The van der Waals surface area contributed by atoms with Crippen molar-refractivity contribution in [3.63, 3.8) is 0 Å². The topological polar surface area (TPSA) is 47.7 Å². The highest BCUT2D eigenvalue weighted by Gasteiger charge is 2.14. The van der Waals surface area contributed by atoms with Gasteiger partial charge in [-0.3, -0.25) is 4.68 Å². The van der Waals surface area contributed by atoms with Gasteiger partial charge in [-0.15, -0.1) is 0 Å². The van der Waals surface area contributed by atoms with Gasteiger partial charge >= 0.3 is 0 Å². The van der Waals surface area contributed by atoms with Gasteiger partial charge in [0.1, 0.15) is 6.67 Å². The van der Waals surface area contributed by atoms with Gasteiger partial charge in [0.15, 0.2) is 0 Å². The van der Waals surface area contributed by atoms with E-state index in [1.54, 1.807) is 17.8 Å². The zero-order chi connectivity index (χ0) is 14.7. The van der Waals surface area contributed by atoms with Gasteiger partial charge in [0, 0.05) is 18.7 Å². The van der Waals surface area contributed by atoms with Crippen molar-refractivity contribution in [3.8, 4) is 0 Å². The first kappa shape index (κ1) is 14.5. The maximum atomic E-state index is 14.0. The minimum atomic E-state index is -0.459. The van der Waals surface area contributed by atoms with Gasteiger partial charge in [-0.1, -0.05) is 0 Å². The van der Waals surface area contributed by atoms with Crippen LogP contribution in [0.4, 0.5) is 14.5 Å². The Morgan fingerprint density at radius 1 is 1.30 bits per heavy atom. The summed E-state index contributed by atoms with van der Waals surface area (Å²) in [5, 5.41) is 11.3. The van der Waals surface area contributed by atoms with E-state index >= 15 is 0 Å². The number of halogens is 2. The Morgan fingerprint density at radius 3 is 2.65 bits per heavy atom. The molecule has 2 aromatic heterocycles. The maximum absolute atomic E-state index is 14.0. The Kier molecular flexibility index (Phi) is 4.36. The fourth-order valence-electron chi connectivity index (χ4n) is 2.11. The van der Waals surface area contributed by atoms with Crippen LogP contribution in [0, 0.1) is 19.8 Å². The molecule has 0 radical (unpaired) electrons. The number of aryl methyl sites for hydroxylation is 3. The van der Waals surface area contributed by atoms with E-state index in [0.29, 0.717) is 24.3 Å². The summed E-state index contributed by atoms with van der Waals surface area (Å²) in [7, 11) is 0. The first-order valence-corrected chi connectivity index (χ1v) is 6.62. The van der Waals surface area contributed by atoms with Crippen LogP contribution in [-0.2, 0) is 19.6 Å². The maximum Gasteiger partial charge on any atom is 0.216 e. The predicted octanol–water partition coefficient (Wildman–Crippen LogP) is 2.44. The molecule has 2 rings (SSSR count). The molecule has 0 bridgehead atoms. The molecule has 20 heavy (non-hydrogen) atoms. The molecule has 5 nitrogen and oxygen atoms in total. The van der Waals surface area contributed by atoms with Crippen molar-refractivity contribution < 1.29 is 8.78 Å². The molecule has 2 heterocycles. The van der Waals surface area contributed by atoms with Crippen LogP contribution in [0.1, 0.15) is 23.9 Å². The van der Waals surface area contributed by atoms with E-state index in [2.05, 4.69) is 15.5 Å². The second-order valence-electron chi connectivity index (χ2n) is 4.58. The Bertz CT molecular complexity index is 588. The summed E-state index contributed by atoms with van der Waals surface area (Å²) in [6, 6.07) is 0. The molecule has 0 fully saturated rings. The number of hydrogen-bond donors (Lipinski definition) is 1. The summed E-state index contributed by atoms with van der Waals surface area (Å²) in [4.78, 5) is 0. The number of nitrogens with zero attached hydrogens (tertiary/aromatic N) is 4. The number of anilines is 1. The second-order valence-corrected chi connectivity index (χ2v) is 4.58. The van der Waals surface area contributed by atoms with Gasteiger partial charge < -0.3 is 5.32 Å². The molecule has 0 unspecified atom stereocenters. The molecule has 110 valence electrons. The smallest absolute Gasteiger partial charge is 0.216 e. The van der Waals surface area contributed by atoms with Crippen LogP contribution in [0.5, 0.6) is 0 Å². The van der Waals surface area contributed by atoms with Crippen molar-refractivity contribution in [2.45, 2.75) is 40.4 Å². The summed E-state index contributed by atoms with van der Waals surface area (Å²) < 4.78 is 29.3. The number of hydrogen-bond acceptors (Lipinski definition) is 3. The molecule has 0 saturated carbocycles. The fraction of sp³-hybridized carbons (Fsp3) is 0.538. The lowest BCUT2D eigenvalue weighted by atomic mass is 10.2. The Balaban J connectivity index is 2.11. The molecule has 0 atom stereocenters. The quantitative estimate of drug-likeness (QED) is 0.885. The number of aromatic nitrogens is 4. The molecular formula is C13H19F2N5. The van der Waals surface area contributed by atoms with Gasteiger partial charge in [-0.05, 0) is 20.8 Å². The molecule has 0 aliphatic rings. The van der Waals surface area contributed by atoms with Gasteiger partial charge in [0.05, 0.1) is 29.8 Å². The van der Waals surface area contributed by atoms with E-state index in [9.17, 15) is 8.78 Å². The summed E-state index contributed by atoms with van der Waals surface area (Å²) >= 11 is 0. The molecule has 0 amide bonds. The minimum absolute atomic E-state index is 0.231. The van der Waals surface area contributed by atoms with E-state index in [-0.39, 0.29) is 12.5 Å². The van der Waals surface area contributed by atoms with Crippen molar-refractivity contribution >= 4 is 5.69 Å². The van der Waals surface area contributed by atoms with Gasteiger partial charge in [-0.2, -0.15) is 14.6 Å².